The summed E-state index contributed by atoms with van der Waals surface area (Å²) in [5, 5.41) is 2.58. The van der Waals surface area contributed by atoms with E-state index >= 15 is 0 Å². The van der Waals surface area contributed by atoms with Crippen molar-refractivity contribution in [2.24, 2.45) is 0 Å². The van der Waals surface area contributed by atoms with Gasteiger partial charge in [-0.15, -0.1) is 11.8 Å². The highest BCUT2D eigenvalue weighted by molar-refractivity contribution is 8.00. The summed E-state index contributed by atoms with van der Waals surface area (Å²) in [5.41, 5.74) is 0.870. The number of carbonyl (C=O) groups excluding carboxylic acids is 3. The largest absolute Gasteiger partial charge is 0.467 e. The Morgan fingerprint density at radius 3 is 2.76 bits per heavy atom. The maximum Gasteiger partial charge on any atom is 0.408 e. The van der Waals surface area contributed by atoms with Crippen molar-refractivity contribution in [3.63, 3.8) is 0 Å². The van der Waals surface area contributed by atoms with Crippen LogP contribution in [0.1, 0.15) is 18.4 Å². The fourth-order valence-corrected chi connectivity index (χ4v) is 4.47. The SMILES string of the molecule is COC(=O)[C@@H]1CS[C@H]2CC[C@@H](NC(=O)OCc3ccccc3)C(=O)N21. The van der Waals surface area contributed by atoms with Gasteiger partial charge in [0.2, 0.25) is 5.91 Å². The second-order valence-corrected chi connectivity index (χ2v) is 7.12. The topological polar surface area (TPSA) is 84.9 Å². The van der Waals surface area contributed by atoms with Gasteiger partial charge >= 0.3 is 12.1 Å². The molecule has 0 aliphatic carbocycles. The van der Waals surface area contributed by atoms with Crippen LogP contribution in [-0.4, -0.2) is 53.2 Å². The van der Waals surface area contributed by atoms with Gasteiger partial charge in [0.25, 0.3) is 0 Å². The van der Waals surface area contributed by atoms with E-state index in [1.54, 1.807) is 16.7 Å². The number of methoxy groups -OCH3 is 1. The van der Waals surface area contributed by atoms with Crippen LogP contribution in [0.15, 0.2) is 30.3 Å². The predicted molar refractivity (Wildman–Crippen MR) is 91.7 cm³/mol. The van der Waals surface area contributed by atoms with Crippen LogP contribution < -0.4 is 5.32 Å². The van der Waals surface area contributed by atoms with E-state index in [1.807, 2.05) is 30.3 Å². The molecule has 3 atom stereocenters. The first-order chi connectivity index (χ1) is 12.1. The van der Waals surface area contributed by atoms with Crippen molar-refractivity contribution in [1.29, 1.82) is 0 Å². The molecule has 2 saturated heterocycles. The molecule has 0 spiro atoms. The van der Waals surface area contributed by atoms with Gasteiger partial charge in [0, 0.05) is 5.75 Å². The highest BCUT2D eigenvalue weighted by Crippen LogP contribution is 2.36. The number of hydrogen-bond donors (Lipinski definition) is 1. The molecule has 3 rings (SSSR count). The normalized spacial score (nSPS) is 25.2. The lowest BCUT2D eigenvalue weighted by molar-refractivity contribution is -0.153. The smallest absolute Gasteiger partial charge is 0.408 e. The number of rotatable bonds is 4. The zero-order chi connectivity index (χ0) is 17.8. The summed E-state index contributed by atoms with van der Waals surface area (Å²) in [6.07, 6.45) is 0.608. The van der Waals surface area contributed by atoms with Gasteiger partial charge in [-0.05, 0) is 18.4 Å². The van der Waals surface area contributed by atoms with E-state index in [0.717, 1.165) is 5.56 Å². The second kappa shape index (κ2) is 7.77. The van der Waals surface area contributed by atoms with Crippen molar-refractivity contribution in [3.05, 3.63) is 35.9 Å². The summed E-state index contributed by atoms with van der Waals surface area (Å²) < 4.78 is 9.95. The number of nitrogens with one attached hydrogen (secondary N) is 1. The van der Waals surface area contributed by atoms with Crippen LogP contribution in [0.3, 0.4) is 0 Å². The number of carbonyl (C=O) groups is 3. The van der Waals surface area contributed by atoms with E-state index in [4.69, 9.17) is 9.47 Å². The van der Waals surface area contributed by atoms with Crippen LogP contribution in [0.4, 0.5) is 4.79 Å². The van der Waals surface area contributed by atoms with E-state index in [-0.39, 0.29) is 17.9 Å². The summed E-state index contributed by atoms with van der Waals surface area (Å²) in [6.45, 7) is 0.139. The Kier molecular flexibility index (Phi) is 5.47. The molecule has 1 N–H and O–H groups in total. The highest BCUT2D eigenvalue weighted by Gasteiger charge is 2.47. The molecule has 134 valence electrons. The summed E-state index contributed by atoms with van der Waals surface area (Å²) >= 11 is 1.57. The van der Waals surface area contributed by atoms with Gasteiger partial charge in [-0.25, -0.2) is 9.59 Å². The van der Waals surface area contributed by atoms with Gasteiger partial charge in [-0.3, -0.25) is 4.79 Å². The summed E-state index contributed by atoms with van der Waals surface area (Å²) in [6, 6.07) is 8.05. The molecule has 0 aromatic heterocycles. The van der Waals surface area contributed by atoms with Crippen molar-refractivity contribution < 1.29 is 23.9 Å². The Morgan fingerprint density at radius 1 is 1.28 bits per heavy atom. The van der Waals surface area contributed by atoms with E-state index in [2.05, 4.69) is 5.32 Å². The van der Waals surface area contributed by atoms with Gasteiger partial charge < -0.3 is 19.7 Å². The van der Waals surface area contributed by atoms with Gasteiger partial charge in [-0.2, -0.15) is 0 Å². The minimum atomic E-state index is -0.676. The average molecular weight is 364 g/mol. The molecule has 2 amide bonds. The Hall–Kier alpha value is -2.22. The van der Waals surface area contributed by atoms with Crippen molar-refractivity contribution in [1.82, 2.24) is 10.2 Å². The van der Waals surface area contributed by atoms with Crippen molar-refractivity contribution in [3.8, 4) is 0 Å². The lowest BCUT2D eigenvalue weighted by Crippen LogP contribution is -2.57. The van der Waals surface area contributed by atoms with Gasteiger partial charge in [0.05, 0.1) is 12.5 Å². The van der Waals surface area contributed by atoms with Crippen LogP contribution in [-0.2, 0) is 25.7 Å². The molecule has 1 aromatic rings. The number of ether oxygens (including phenoxy) is 2. The van der Waals surface area contributed by atoms with Crippen LogP contribution in [0.2, 0.25) is 0 Å². The molecule has 0 bridgehead atoms. The number of nitrogens with zero attached hydrogens (tertiary/aromatic N) is 1. The Morgan fingerprint density at radius 2 is 2.04 bits per heavy atom. The minimum Gasteiger partial charge on any atom is -0.467 e. The number of benzene rings is 1. The highest BCUT2D eigenvalue weighted by atomic mass is 32.2. The van der Waals surface area contributed by atoms with Gasteiger partial charge in [-0.1, -0.05) is 30.3 Å². The monoisotopic (exact) mass is 364 g/mol. The van der Waals surface area contributed by atoms with Crippen molar-refractivity contribution in [2.45, 2.75) is 36.9 Å². The molecule has 2 aliphatic rings. The Labute approximate surface area is 150 Å². The number of esters is 1. The molecular weight excluding hydrogens is 344 g/mol. The first-order valence-electron chi connectivity index (χ1n) is 8.09. The lowest BCUT2D eigenvalue weighted by atomic mass is 10.0. The molecule has 25 heavy (non-hydrogen) atoms. The number of amides is 2. The van der Waals surface area contributed by atoms with E-state index in [9.17, 15) is 14.4 Å². The number of hydrogen-bond acceptors (Lipinski definition) is 6. The first kappa shape index (κ1) is 17.6. The van der Waals surface area contributed by atoms with Crippen LogP contribution in [0.5, 0.6) is 0 Å². The molecular formula is C17H20N2O5S. The summed E-state index contributed by atoms with van der Waals surface area (Å²) in [7, 11) is 1.31. The molecule has 2 fully saturated rings. The molecule has 0 unspecified atom stereocenters. The Balaban J connectivity index is 1.57. The van der Waals surface area contributed by atoms with Crippen molar-refractivity contribution >= 4 is 29.7 Å². The maximum atomic E-state index is 12.7. The standard InChI is InChI=1S/C17H20N2O5S/c1-23-16(21)13-10-25-14-8-7-12(15(20)19(13)14)18-17(22)24-9-11-5-3-2-4-6-11/h2-6,12-14H,7-10H2,1H3,(H,18,22)/t12-,13+,14+/m1/s1. The summed E-state index contributed by atoms with van der Waals surface area (Å²) in [5.74, 6) is -0.155. The van der Waals surface area contributed by atoms with E-state index in [0.29, 0.717) is 18.6 Å². The Bertz CT molecular complexity index is 654. The number of fused-ring (bicyclic) bond motifs is 1. The number of alkyl carbamates (subject to hydrolysis) is 1. The van der Waals surface area contributed by atoms with Gasteiger partial charge in [0.1, 0.15) is 18.7 Å². The third kappa shape index (κ3) is 3.89. The molecule has 0 radical (unpaired) electrons. The molecule has 1 aromatic carbocycles. The second-order valence-electron chi connectivity index (χ2n) is 5.91. The van der Waals surface area contributed by atoms with Crippen LogP contribution in [0.25, 0.3) is 0 Å². The average Bonchev–Trinajstić information content (AvgIpc) is 3.07. The molecule has 0 saturated carbocycles. The first-order valence-corrected chi connectivity index (χ1v) is 9.14. The number of thioether (sulfide) groups is 1. The maximum absolute atomic E-state index is 12.7. The van der Waals surface area contributed by atoms with E-state index < -0.39 is 24.1 Å². The fraction of sp³-hybridized carbons (Fsp3) is 0.471. The predicted octanol–water partition coefficient (Wildman–Crippen LogP) is 1.52. The molecule has 2 heterocycles. The van der Waals surface area contributed by atoms with E-state index in [1.165, 1.54) is 7.11 Å². The minimum absolute atomic E-state index is 0.0324. The molecule has 2 aliphatic heterocycles. The number of piperidine rings is 1. The van der Waals surface area contributed by atoms with Crippen LogP contribution in [0, 0.1) is 0 Å². The quantitative estimate of drug-likeness (QED) is 0.816. The fourth-order valence-electron chi connectivity index (χ4n) is 3.05. The lowest BCUT2D eigenvalue weighted by Gasteiger charge is -2.36. The third-order valence-electron chi connectivity index (χ3n) is 4.33. The van der Waals surface area contributed by atoms with Crippen LogP contribution >= 0.6 is 11.8 Å². The summed E-state index contributed by atoms with van der Waals surface area (Å²) in [4.78, 5) is 38.1. The van der Waals surface area contributed by atoms with Crippen molar-refractivity contribution in [2.75, 3.05) is 12.9 Å². The molecule has 8 heteroatoms. The molecule has 7 nitrogen and oxygen atoms in total. The zero-order valence-corrected chi connectivity index (χ0v) is 14.7. The third-order valence-corrected chi connectivity index (χ3v) is 5.68. The zero-order valence-electron chi connectivity index (χ0n) is 13.8. The van der Waals surface area contributed by atoms with Gasteiger partial charge in [0.15, 0.2) is 0 Å².